The van der Waals surface area contributed by atoms with Gasteiger partial charge in [0.1, 0.15) is 10.8 Å². The van der Waals surface area contributed by atoms with Crippen LogP contribution in [0, 0.1) is 12.8 Å². The zero-order valence-electron chi connectivity index (χ0n) is 11.5. The Morgan fingerprint density at radius 3 is 2.63 bits per heavy atom. The van der Waals surface area contributed by atoms with E-state index in [-0.39, 0.29) is 6.10 Å². The van der Waals surface area contributed by atoms with Crippen LogP contribution in [-0.4, -0.2) is 34.3 Å². The van der Waals surface area contributed by atoms with E-state index >= 15 is 0 Å². The molecule has 104 valence electrons. The lowest BCUT2D eigenvalue weighted by Gasteiger charge is -2.35. The van der Waals surface area contributed by atoms with E-state index in [1.54, 1.807) is 0 Å². The molecular formula is C14H21N3OS. The third kappa shape index (κ3) is 3.22. The topological polar surface area (TPSA) is 62.4 Å². The highest BCUT2D eigenvalue weighted by molar-refractivity contribution is 7.80. The number of aliphatic hydroxyl groups is 1. The lowest BCUT2D eigenvalue weighted by Crippen LogP contribution is -2.38. The molecule has 2 heterocycles. The number of anilines is 1. The molecule has 4 nitrogen and oxygen atoms in total. The average Bonchev–Trinajstić information content (AvgIpc) is 2.38. The number of aryl methyl sites for hydroxylation is 1. The van der Waals surface area contributed by atoms with Crippen molar-refractivity contribution in [2.75, 3.05) is 18.0 Å². The zero-order valence-corrected chi connectivity index (χ0v) is 12.3. The molecule has 1 aliphatic rings. The molecule has 1 aromatic rings. The van der Waals surface area contributed by atoms with Crippen molar-refractivity contribution in [3.63, 3.8) is 0 Å². The Bertz CT molecular complexity index is 468. The summed E-state index contributed by atoms with van der Waals surface area (Å²) < 4.78 is 0. The van der Waals surface area contributed by atoms with Crippen LogP contribution in [-0.2, 0) is 0 Å². The first kappa shape index (κ1) is 14.2. The van der Waals surface area contributed by atoms with Crippen molar-refractivity contribution in [1.82, 2.24) is 4.98 Å². The maximum Gasteiger partial charge on any atom is 0.139 e. The van der Waals surface area contributed by atoms with Gasteiger partial charge in [-0.1, -0.05) is 12.2 Å². The van der Waals surface area contributed by atoms with Crippen LogP contribution in [0.3, 0.4) is 0 Å². The first-order chi connectivity index (χ1) is 8.99. The van der Waals surface area contributed by atoms with E-state index in [1.165, 1.54) is 0 Å². The Balaban J connectivity index is 2.19. The second kappa shape index (κ2) is 5.84. The summed E-state index contributed by atoms with van der Waals surface area (Å²) in [6.45, 7) is 5.62. The lowest BCUT2D eigenvalue weighted by atomic mass is 9.92. The van der Waals surface area contributed by atoms with Gasteiger partial charge in [0.2, 0.25) is 0 Å². The van der Waals surface area contributed by atoms with E-state index in [2.05, 4.69) is 9.88 Å². The van der Waals surface area contributed by atoms with Crippen molar-refractivity contribution in [2.24, 2.45) is 11.7 Å². The fourth-order valence-corrected chi connectivity index (χ4v) is 2.73. The summed E-state index contributed by atoms with van der Waals surface area (Å²) in [7, 11) is 0. The summed E-state index contributed by atoms with van der Waals surface area (Å²) >= 11 is 5.10. The van der Waals surface area contributed by atoms with Crippen molar-refractivity contribution in [1.29, 1.82) is 0 Å². The third-order valence-electron chi connectivity index (χ3n) is 3.80. The van der Waals surface area contributed by atoms with Crippen LogP contribution in [0.1, 0.15) is 31.0 Å². The van der Waals surface area contributed by atoms with Crippen molar-refractivity contribution < 1.29 is 5.11 Å². The maximum absolute atomic E-state index is 9.65. The van der Waals surface area contributed by atoms with Crippen LogP contribution in [0.5, 0.6) is 0 Å². The summed E-state index contributed by atoms with van der Waals surface area (Å²) in [5.41, 5.74) is 7.58. The molecule has 1 fully saturated rings. The van der Waals surface area contributed by atoms with E-state index in [0.717, 1.165) is 43.0 Å². The normalized spacial score (nSPS) is 18.4. The number of hydrogen-bond donors (Lipinski definition) is 2. The zero-order chi connectivity index (χ0) is 14.0. The molecular weight excluding hydrogens is 258 g/mol. The molecule has 0 saturated carbocycles. The minimum atomic E-state index is -0.234. The number of piperidine rings is 1. The predicted octanol–water partition coefficient (Wildman–Crippen LogP) is 1.62. The van der Waals surface area contributed by atoms with Crippen molar-refractivity contribution in [3.8, 4) is 0 Å². The molecule has 0 bridgehead atoms. The second-order valence-electron chi connectivity index (χ2n) is 5.25. The number of nitrogens with two attached hydrogens (primary N) is 1. The molecule has 1 saturated heterocycles. The van der Waals surface area contributed by atoms with E-state index in [4.69, 9.17) is 18.0 Å². The number of aromatic nitrogens is 1. The first-order valence-corrected chi connectivity index (χ1v) is 7.10. The van der Waals surface area contributed by atoms with E-state index < -0.39 is 0 Å². The highest BCUT2D eigenvalue weighted by Gasteiger charge is 2.25. The van der Waals surface area contributed by atoms with Crippen LogP contribution in [0.25, 0.3) is 0 Å². The number of pyridine rings is 1. The summed E-state index contributed by atoms with van der Waals surface area (Å²) in [5.74, 6) is 1.27. The molecule has 0 aromatic carbocycles. The van der Waals surface area contributed by atoms with Gasteiger partial charge in [-0.05, 0) is 44.7 Å². The van der Waals surface area contributed by atoms with Gasteiger partial charge in [0.25, 0.3) is 0 Å². The molecule has 19 heavy (non-hydrogen) atoms. The Morgan fingerprint density at radius 1 is 1.47 bits per heavy atom. The second-order valence-corrected chi connectivity index (χ2v) is 5.69. The Hall–Kier alpha value is -1.20. The Morgan fingerprint density at radius 2 is 2.11 bits per heavy atom. The van der Waals surface area contributed by atoms with Crippen molar-refractivity contribution in [3.05, 3.63) is 23.4 Å². The highest BCUT2D eigenvalue weighted by atomic mass is 32.1. The van der Waals surface area contributed by atoms with Crippen LogP contribution >= 0.6 is 12.2 Å². The third-order valence-corrected chi connectivity index (χ3v) is 4.02. The number of thiocarbonyl (C=S) groups is 1. The van der Waals surface area contributed by atoms with Gasteiger partial charge in [-0.2, -0.15) is 0 Å². The molecule has 0 spiro atoms. The van der Waals surface area contributed by atoms with Gasteiger partial charge in [0, 0.05) is 18.8 Å². The van der Waals surface area contributed by atoms with Crippen molar-refractivity contribution in [2.45, 2.75) is 32.8 Å². The lowest BCUT2D eigenvalue weighted by molar-refractivity contribution is 0.110. The molecule has 1 unspecified atom stereocenters. The van der Waals surface area contributed by atoms with Gasteiger partial charge < -0.3 is 15.7 Å². The SMILES string of the molecule is Cc1ccc(C(N)=S)c(N2CCC(C(C)O)CC2)n1. The molecule has 1 aromatic heterocycles. The molecule has 0 aliphatic carbocycles. The Kier molecular flexibility index (Phi) is 4.37. The summed E-state index contributed by atoms with van der Waals surface area (Å²) in [6, 6.07) is 3.88. The maximum atomic E-state index is 9.65. The number of rotatable bonds is 3. The summed E-state index contributed by atoms with van der Waals surface area (Å²) in [5, 5.41) is 9.65. The molecule has 0 amide bonds. The molecule has 1 aliphatic heterocycles. The minimum absolute atomic E-state index is 0.234. The quantitative estimate of drug-likeness (QED) is 0.823. The van der Waals surface area contributed by atoms with Crippen LogP contribution in [0.15, 0.2) is 12.1 Å². The fourth-order valence-electron chi connectivity index (χ4n) is 2.57. The van der Waals surface area contributed by atoms with E-state index in [1.807, 2.05) is 26.0 Å². The van der Waals surface area contributed by atoms with Gasteiger partial charge >= 0.3 is 0 Å². The van der Waals surface area contributed by atoms with Crippen LogP contribution < -0.4 is 10.6 Å². The summed E-state index contributed by atoms with van der Waals surface area (Å²) in [6.07, 6.45) is 1.72. The number of nitrogens with zero attached hydrogens (tertiary/aromatic N) is 2. The largest absolute Gasteiger partial charge is 0.393 e. The van der Waals surface area contributed by atoms with E-state index in [9.17, 15) is 5.11 Å². The molecule has 3 N–H and O–H groups in total. The van der Waals surface area contributed by atoms with Gasteiger partial charge in [0.15, 0.2) is 0 Å². The van der Waals surface area contributed by atoms with Gasteiger partial charge in [0.05, 0.1) is 11.7 Å². The first-order valence-electron chi connectivity index (χ1n) is 6.69. The molecule has 0 radical (unpaired) electrons. The predicted molar refractivity (Wildman–Crippen MR) is 81.5 cm³/mol. The Labute approximate surface area is 119 Å². The number of aliphatic hydroxyl groups excluding tert-OH is 1. The van der Waals surface area contributed by atoms with Gasteiger partial charge in [-0.15, -0.1) is 0 Å². The van der Waals surface area contributed by atoms with E-state index in [0.29, 0.717) is 10.9 Å². The van der Waals surface area contributed by atoms with Gasteiger partial charge in [-0.25, -0.2) is 4.98 Å². The standard InChI is InChI=1S/C14H21N3OS/c1-9-3-4-12(13(15)19)14(16-9)17-7-5-11(6-8-17)10(2)18/h3-4,10-11,18H,5-8H2,1-2H3,(H2,15,19). The van der Waals surface area contributed by atoms with Gasteiger partial charge in [-0.3, -0.25) is 0 Å². The molecule has 5 heteroatoms. The highest BCUT2D eigenvalue weighted by Crippen LogP contribution is 2.26. The number of hydrogen-bond acceptors (Lipinski definition) is 4. The van der Waals surface area contributed by atoms with Crippen LogP contribution in [0.2, 0.25) is 0 Å². The summed E-state index contributed by atoms with van der Waals surface area (Å²) in [4.78, 5) is 7.20. The fraction of sp³-hybridized carbons (Fsp3) is 0.571. The minimum Gasteiger partial charge on any atom is -0.393 e. The molecule has 1 atom stereocenters. The van der Waals surface area contributed by atoms with Crippen LogP contribution in [0.4, 0.5) is 5.82 Å². The molecule has 2 rings (SSSR count). The monoisotopic (exact) mass is 279 g/mol. The smallest absolute Gasteiger partial charge is 0.139 e. The average molecular weight is 279 g/mol. The van der Waals surface area contributed by atoms with Crippen molar-refractivity contribution >= 4 is 23.0 Å².